The molecule has 0 N–H and O–H groups in total. The lowest BCUT2D eigenvalue weighted by Gasteiger charge is -2.29. The van der Waals surface area contributed by atoms with Gasteiger partial charge in [0.2, 0.25) is 0 Å². The quantitative estimate of drug-likeness (QED) is 0.259. The van der Waals surface area contributed by atoms with Crippen LogP contribution in [0.5, 0.6) is 0 Å². The SMILES string of the molecule is CC1CCC(C)N1CCCCCCCCN1C(=S)N(c2ccc(C#N)c(C(F)(F)F)c2)C(=O)C1(C)C. The van der Waals surface area contributed by atoms with Gasteiger partial charge in [-0.05, 0) is 90.3 Å². The predicted octanol–water partition coefficient (Wildman–Crippen LogP) is 6.50. The summed E-state index contributed by atoms with van der Waals surface area (Å²) in [6.07, 6.45) is 4.44. The number of benzene rings is 1. The average Bonchev–Trinajstić information content (AvgIpc) is 3.21. The molecular weight excluding hydrogens is 485 g/mol. The van der Waals surface area contributed by atoms with Crippen molar-refractivity contribution in [2.45, 2.75) is 103 Å². The third-order valence-corrected chi connectivity index (χ3v) is 8.10. The molecule has 2 fully saturated rings. The maximum absolute atomic E-state index is 13.5. The highest BCUT2D eigenvalue weighted by Gasteiger charge is 2.49. The molecule has 2 saturated heterocycles. The summed E-state index contributed by atoms with van der Waals surface area (Å²) >= 11 is 5.55. The molecular formula is C27H37F3N4OS. The van der Waals surface area contributed by atoms with Crippen molar-refractivity contribution in [2.24, 2.45) is 0 Å². The molecule has 9 heteroatoms. The van der Waals surface area contributed by atoms with Gasteiger partial charge in [0, 0.05) is 18.6 Å². The Balaban J connectivity index is 1.52. The Kier molecular flexibility index (Phi) is 9.05. The maximum Gasteiger partial charge on any atom is 0.417 e. The molecule has 5 nitrogen and oxygen atoms in total. The van der Waals surface area contributed by atoms with E-state index in [1.165, 1.54) is 49.6 Å². The van der Waals surface area contributed by atoms with Gasteiger partial charge < -0.3 is 4.90 Å². The second-order valence-corrected chi connectivity index (χ2v) is 11.0. The fraction of sp³-hybridized carbons (Fsp3) is 0.667. The third-order valence-electron chi connectivity index (χ3n) is 7.69. The molecule has 0 saturated carbocycles. The number of nitrogens with zero attached hydrogens (tertiary/aromatic N) is 4. The van der Waals surface area contributed by atoms with E-state index in [1.54, 1.807) is 19.9 Å². The van der Waals surface area contributed by atoms with Crippen LogP contribution < -0.4 is 4.90 Å². The summed E-state index contributed by atoms with van der Waals surface area (Å²) in [5.41, 5.74) is -2.46. The van der Waals surface area contributed by atoms with E-state index in [2.05, 4.69) is 18.7 Å². The number of unbranched alkanes of at least 4 members (excludes halogenated alkanes) is 5. The first kappa shape index (κ1) is 28.4. The fourth-order valence-corrected chi connectivity index (χ4v) is 5.91. The van der Waals surface area contributed by atoms with Crippen molar-refractivity contribution >= 4 is 28.9 Å². The Labute approximate surface area is 218 Å². The van der Waals surface area contributed by atoms with Crippen molar-refractivity contribution < 1.29 is 18.0 Å². The fourth-order valence-electron chi connectivity index (χ4n) is 5.40. The lowest BCUT2D eigenvalue weighted by atomic mass is 10.0. The monoisotopic (exact) mass is 522 g/mol. The molecule has 1 aromatic rings. The Morgan fingerprint density at radius 3 is 2.14 bits per heavy atom. The Morgan fingerprint density at radius 2 is 1.58 bits per heavy atom. The van der Waals surface area contributed by atoms with E-state index < -0.39 is 22.8 Å². The van der Waals surface area contributed by atoms with Crippen LogP contribution in [-0.4, -0.2) is 51.5 Å². The van der Waals surface area contributed by atoms with Crippen LogP contribution in [0.25, 0.3) is 0 Å². The molecule has 3 rings (SSSR count). The molecule has 2 aliphatic heterocycles. The first-order chi connectivity index (χ1) is 16.9. The van der Waals surface area contributed by atoms with Crippen molar-refractivity contribution in [1.29, 1.82) is 5.26 Å². The molecule has 1 amide bonds. The van der Waals surface area contributed by atoms with Gasteiger partial charge >= 0.3 is 6.18 Å². The highest BCUT2D eigenvalue weighted by Crippen LogP contribution is 2.38. The zero-order chi connectivity index (χ0) is 26.7. The molecule has 2 atom stereocenters. The number of rotatable bonds is 10. The number of hydrogen-bond acceptors (Lipinski definition) is 4. The second-order valence-electron chi connectivity index (χ2n) is 10.6. The number of hydrogen-bond donors (Lipinski definition) is 0. The van der Waals surface area contributed by atoms with Crippen LogP contribution in [0, 0.1) is 11.3 Å². The summed E-state index contributed by atoms with van der Waals surface area (Å²) in [5, 5.41) is 9.26. The number of thiocarbonyl (C=S) groups is 1. The molecule has 2 unspecified atom stereocenters. The smallest absolute Gasteiger partial charge is 0.334 e. The summed E-state index contributed by atoms with van der Waals surface area (Å²) < 4.78 is 40.4. The molecule has 0 aliphatic carbocycles. The molecule has 198 valence electrons. The number of alkyl halides is 3. The third kappa shape index (κ3) is 6.03. The molecule has 0 radical (unpaired) electrons. The summed E-state index contributed by atoms with van der Waals surface area (Å²) in [7, 11) is 0. The van der Waals surface area contributed by atoms with E-state index in [1.807, 2.05) is 4.90 Å². The van der Waals surface area contributed by atoms with Crippen molar-refractivity contribution in [2.75, 3.05) is 18.0 Å². The predicted molar refractivity (Wildman–Crippen MR) is 140 cm³/mol. The van der Waals surface area contributed by atoms with Crippen LogP contribution in [0.2, 0.25) is 0 Å². The van der Waals surface area contributed by atoms with Gasteiger partial charge in [-0.25, -0.2) is 0 Å². The number of amides is 1. The summed E-state index contributed by atoms with van der Waals surface area (Å²) in [6.45, 7) is 9.86. The summed E-state index contributed by atoms with van der Waals surface area (Å²) in [5.74, 6) is -0.365. The Hall–Kier alpha value is -2.18. The van der Waals surface area contributed by atoms with E-state index in [4.69, 9.17) is 17.5 Å². The van der Waals surface area contributed by atoms with Crippen molar-refractivity contribution in [3.05, 3.63) is 29.3 Å². The number of halogens is 3. The number of nitriles is 1. The molecule has 0 spiro atoms. The van der Waals surface area contributed by atoms with Crippen LogP contribution in [0.15, 0.2) is 18.2 Å². The first-order valence-electron chi connectivity index (χ1n) is 12.9. The Bertz CT molecular complexity index is 994. The van der Waals surface area contributed by atoms with E-state index in [-0.39, 0.29) is 16.7 Å². The minimum absolute atomic E-state index is 0.0357. The maximum atomic E-state index is 13.5. The van der Waals surface area contributed by atoms with Crippen LogP contribution in [-0.2, 0) is 11.0 Å². The van der Waals surface area contributed by atoms with Gasteiger partial charge in [-0.2, -0.15) is 18.4 Å². The molecule has 2 heterocycles. The Morgan fingerprint density at radius 1 is 1.03 bits per heavy atom. The van der Waals surface area contributed by atoms with Gasteiger partial charge in [0.05, 0.1) is 22.9 Å². The van der Waals surface area contributed by atoms with Gasteiger partial charge in [0.25, 0.3) is 5.91 Å². The lowest BCUT2D eigenvalue weighted by molar-refractivity contribution is -0.137. The minimum Gasteiger partial charge on any atom is -0.334 e. The highest BCUT2D eigenvalue weighted by atomic mass is 32.1. The van der Waals surface area contributed by atoms with E-state index in [0.717, 1.165) is 31.4 Å². The van der Waals surface area contributed by atoms with Crippen LogP contribution in [0.1, 0.15) is 90.2 Å². The van der Waals surface area contributed by atoms with Crippen LogP contribution in [0.4, 0.5) is 18.9 Å². The van der Waals surface area contributed by atoms with Crippen molar-refractivity contribution in [1.82, 2.24) is 9.80 Å². The van der Waals surface area contributed by atoms with Gasteiger partial charge in [-0.15, -0.1) is 0 Å². The number of carbonyl (C=O) groups excluding carboxylic acids is 1. The molecule has 2 aliphatic rings. The van der Waals surface area contributed by atoms with Gasteiger partial charge in [-0.3, -0.25) is 14.6 Å². The molecule has 0 bridgehead atoms. The molecule has 1 aromatic carbocycles. The van der Waals surface area contributed by atoms with Crippen LogP contribution in [0.3, 0.4) is 0 Å². The van der Waals surface area contributed by atoms with E-state index >= 15 is 0 Å². The molecule has 36 heavy (non-hydrogen) atoms. The average molecular weight is 523 g/mol. The van der Waals surface area contributed by atoms with Gasteiger partial charge in [0.15, 0.2) is 5.11 Å². The number of anilines is 1. The van der Waals surface area contributed by atoms with E-state index in [0.29, 0.717) is 18.6 Å². The van der Waals surface area contributed by atoms with Gasteiger partial charge in [0.1, 0.15) is 5.54 Å². The van der Waals surface area contributed by atoms with E-state index in [9.17, 15) is 18.0 Å². The zero-order valence-electron chi connectivity index (χ0n) is 21.7. The van der Waals surface area contributed by atoms with Crippen molar-refractivity contribution in [3.63, 3.8) is 0 Å². The number of carbonyl (C=O) groups is 1. The highest BCUT2D eigenvalue weighted by molar-refractivity contribution is 7.80. The summed E-state index contributed by atoms with van der Waals surface area (Å²) in [6, 6.07) is 6.24. The topological polar surface area (TPSA) is 50.6 Å². The standard InChI is InChI=1S/C27H37F3N4OS/c1-19-11-12-20(2)32(19)15-9-7-5-6-8-10-16-33-25(36)34(24(35)26(33,3)4)22-14-13-21(18-31)23(17-22)27(28,29)30/h13-14,17,19-20H,5-12,15-16H2,1-4H3. The zero-order valence-corrected chi connectivity index (χ0v) is 22.5. The van der Waals surface area contributed by atoms with Gasteiger partial charge in [-0.1, -0.05) is 25.7 Å². The largest absolute Gasteiger partial charge is 0.417 e. The van der Waals surface area contributed by atoms with Crippen molar-refractivity contribution in [3.8, 4) is 6.07 Å². The molecule has 0 aromatic heterocycles. The summed E-state index contributed by atoms with van der Waals surface area (Å²) in [4.78, 5) is 18.8. The number of likely N-dealkylation sites (tertiary alicyclic amines) is 1. The second kappa shape index (κ2) is 11.5. The van der Waals surface area contributed by atoms with Crippen LogP contribution >= 0.6 is 12.2 Å². The normalized spacial score (nSPS) is 22.5. The first-order valence-corrected chi connectivity index (χ1v) is 13.3. The minimum atomic E-state index is -4.70. The lowest BCUT2D eigenvalue weighted by Crippen LogP contribution is -2.44.